The van der Waals surface area contributed by atoms with Crippen LogP contribution in [0.3, 0.4) is 0 Å². The van der Waals surface area contributed by atoms with Crippen molar-refractivity contribution in [1.82, 2.24) is 5.32 Å². The van der Waals surface area contributed by atoms with Crippen molar-refractivity contribution in [3.63, 3.8) is 0 Å². The highest BCUT2D eigenvalue weighted by atomic mass is 16.3. The molecule has 0 spiro atoms. The van der Waals surface area contributed by atoms with E-state index in [1.54, 1.807) is 0 Å². The van der Waals surface area contributed by atoms with Gasteiger partial charge in [0.25, 0.3) is 0 Å². The molecular weight excluding hydrogens is 855 g/mol. The number of rotatable bonds is 61. The highest BCUT2D eigenvalue weighted by molar-refractivity contribution is 5.76. The fourth-order valence-corrected chi connectivity index (χ4v) is 10.5. The highest BCUT2D eigenvalue weighted by Gasteiger charge is 2.20. The quantitative estimate of drug-likeness (QED) is 0.0420. The number of nitrogens with one attached hydrogen (secondary N) is 1. The molecule has 2 unspecified atom stereocenters. The minimum atomic E-state index is -0.658. The third kappa shape index (κ3) is 57.8. The van der Waals surface area contributed by atoms with Gasteiger partial charge in [-0.1, -0.05) is 346 Å². The summed E-state index contributed by atoms with van der Waals surface area (Å²) in [6.07, 6.45) is 83.5. The van der Waals surface area contributed by atoms with Gasteiger partial charge < -0.3 is 15.5 Å². The zero-order chi connectivity index (χ0) is 50.6. The Morgan fingerprint density at radius 2 is 0.586 bits per heavy atom. The monoisotopic (exact) mass is 984 g/mol. The van der Waals surface area contributed by atoms with E-state index in [-0.39, 0.29) is 12.5 Å². The standard InChI is InChI=1S/C66H129NO3/c1-3-5-7-9-11-13-15-17-19-21-23-25-27-28-29-30-31-32-33-34-35-36-37-38-40-42-44-46-48-50-52-54-56-58-60-62-66(70)67-64(63-68)65(69)61-59-57-55-53-51-49-47-45-43-41-39-26-24-22-20-18-16-14-12-10-8-6-4-2/h15,17,21,23,64-65,68-69H,3-14,16,18-20,22,24-63H2,1-2H3,(H,67,70)/b17-15-,23-21-. The van der Waals surface area contributed by atoms with Crippen molar-refractivity contribution in [2.75, 3.05) is 6.61 Å². The van der Waals surface area contributed by atoms with Crippen molar-refractivity contribution < 1.29 is 15.0 Å². The van der Waals surface area contributed by atoms with Gasteiger partial charge in [-0.05, 0) is 44.9 Å². The molecule has 3 N–H and O–H groups in total. The predicted molar refractivity (Wildman–Crippen MR) is 313 cm³/mol. The van der Waals surface area contributed by atoms with Crippen molar-refractivity contribution in [3.05, 3.63) is 24.3 Å². The molecule has 0 aromatic rings. The summed E-state index contributed by atoms with van der Waals surface area (Å²) in [6, 6.07) is -0.534. The van der Waals surface area contributed by atoms with Gasteiger partial charge in [0.15, 0.2) is 0 Å². The van der Waals surface area contributed by atoms with E-state index >= 15 is 0 Å². The Balaban J connectivity index is 3.38. The fourth-order valence-electron chi connectivity index (χ4n) is 10.5. The first kappa shape index (κ1) is 68.9. The second-order valence-corrected chi connectivity index (χ2v) is 22.5. The molecule has 0 heterocycles. The van der Waals surface area contributed by atoms with Gasteiger partial charge in [-0.2, -0.15) is 0 Å². The third-order valence-corrected chi connectivity index (χ3v) is 15.5. The normalized spacial score (nSPS) is 12.8. The van der Waals surface area contributed by atoms with Crippen molar-refractivity contribution in [2.24, 2.45) is 0 Å². The predicted octanol–water partition coefficient (Wildman–Crippen LogP) is 21.8. The van der Waals surface area contributed by atoms with Crippen LogP contribution in [0.1, 0.15) is 373 Å². The number of unbranched alkanes of at least 4 members (excludes halogenated alkanes) is 50. The second kappa shape index (κ2) is 62.2. The summed E-state index contributed by atoms with van der Waals surface area (Å²) in [6.45, 7) is 4.39. The molecule has 1 amide bonds. The average Bonchev–Trinajstić information content (AvgIpc) is 3.36. The summed E-state index contributed by atoms with van der Waals surface area (Å²) < 4.78 is 0. The Labute approximate surface area is 440 Å². The lowest BCUT2D eigenvalue weighted by molar-refractivity contribution is -0.123. The van der Waals surface area contributed by atoms with Gasteiger partial charge in [0.05, 0.1) is 18.8 Å². The maximum atomic E-state index is 12.5. The van der Waals surface area contributed by atoms with Crippen LogP contribution in [0.4, 0.5) is 0 Å². The Morgan fingerprint density at radius 3 is 0.857 bits per heavy atom. The Kier molecular flexibility index (Phi) is 61.2. The summed E-state index contributed by atoms with van der Waals surface area (Å²) in [5.41, 5.74) is 0. The van der Waals surface area contributed by atoms with Crippen LogP contribution in [0.15, 0.2) is 24.3 Å². The minimum Gasteiger partial charge on any atom is -0.394 e. The molecule has 0 saturated carbocycles. The van der Waals surface area contributed by atoms with Crippen molar-refractivity contribution in [3.8, 4) is 0 Å². The largest absolute Gasteiger partial charge is 0.394 e. The van der Waals surface area contributed by atoms with Crippen molar-refractivity contribution >= 4 is 5.91 Å². The number of amides is 1. The van der Waals surface area contributed by atoms with Gasteiger partial charge in [0, 0.05) is 6.42 Å². The summed E-state index contributed by atoms with van der Waals surface area (Å²) in [7, 11) is 0. The third-order valence-electron chi connectivity index (χ3n) is 15.5. The average molecular weight is 985 g/mol. The molecule has 2 atom stereocenters. The van der Waals surface area contributed by atoms with Gasteiger partial charge in [-0.3, -0.25) is 4.79 Å². The lowest BCUT2D eigenvalue weighted by Gasteiger charge is -2.22. The van der Waals surface area contributed by atoms with Crippen LogP contribution in [-0.4, -0.2) is 34.9 Å². The number of allylic oxidation sites excluding steroid dienone is 4. The molecule has 0 aliphatic rings. The second-order valence-electron chi connectivity index (χ2n) is 22.5. The SMILES string of the molecule is CCCCCCC/C=C\C/C=C\CCCCCCCCCCCCCCCCCCCCCCCCCC(=O)NC(CO)C(O)CCCCCCCCCCCCCCCCCCCCCCCCC. The fraction of sp³-hybridized carbons (Fsp3) is 0.924. The van der Waals surface area contributed by atoms with E-state index in [9.17, 15) is 15.0 Å². The highest BCUT2D eigenvalue weighted by Crippen LogP contribution is 2.19. The molecule has 0 aromatic carbocycles. The molecule has 0 fully saturated rings. The molecule has 4 nitrogen and oxygen atoms in total. The molecule has 0 rings (SSSR count). The lowest BCUT2D eigenvalue weighted by Crippen LogP contribution is -2.45. The van der Waals surface area contributed by atoms with Crippen LogP contribution in [0.25, 0.3) is 0 Å². The molecule has 416 valence electrons. The zero-order valence-electron chi connectivity index (χ0n) is 48.1. The van der Waals surface area contributed by atoms with Crippen LogP contribution >= 0.6 is 0 Å². The van der Waals surface area contributed by atoms with E-state index in [2.05, 4.69) is 43.5 Å². The van der Waals surface area contributed by atoms with Crippen LogP contribution < -0.4 is 5.32 Å². The van der Waals surface area contributed by atoms with Crippen LogP contribution in [-0.2, 0) is 4.79 Å². The Hall–Kier alpha value is -1.13. The molecule has 0 aliphatic carbocycles. The first-order chi connectivity index (χ1) is 34.7. The number of hydrogen-bond acceptors (Lipinski definition) is 3. The summed E-state index contributed by atoms with van der Waals surface area (Å²) in [5.74, 6) is -0.0223. The van der Waals surface area contributed by atoms with Gasteiger partial charge in [0.2, 0.25) is 5.91 Å². The maximum absolute atomic E-state index is 12.5. The molecule has 0 radical (unpaired) electrons. The van der Waals surface area contributed by atoms with E-state index < -0.39 is 12.1 Å². The number of hydrogen-bond donors (Lipinski definition) is 3. The lowest BCUT2D eigenvalue weighted by atomic mass is 10.0. The maximum Gasteiger partial charge on any atom is 0.220 e. The van der Waals surface area contributed by atoms with Gasteiger partial charge in [-0.25, -0.2) is 0 Å². The molecule has 4 heteroatoms. The first-order valence-electron chi connectivity index (χ1n) is 32.5. The molecule has 0 aromatic heterocycles. The Morgan fingerprint density at radius 1 is 0.343 bits per heavy atom. The smallest absolute Gasteiger partial charge is 0.220 e. The van der Waals surface area contributed by atoms with E-state index in [0.29, 0.717) is 12.8 Å². The van der Waals surface area contributed by atoms with E-state index in [4.69, 9.17) is 0 Å². The minimum absolute atomic E-state index is 0.0223. The van der Waals surface area contributed by atoms with Gasteiger partial charge >= 0.3 is 0 Å². The zero-order valence-corrected chi connectivity index (χ0v) is 48.1. The van der Waals surface area contributed by atoms with E-state index in [1.165, 1.54) is 315 Å². The van der Waals surface area contributed by atoms with Crippen LogP contribution in [0.5, 0.6) is 0 Å². The number of aliphatic hydroxyl groups is 2. The molecule has 0 saturated heterocycles. The van der Waals surface area contributed by atoms with E-state index in [0.717, 1.165) is 32.1 Å². The number of carbonyl (C=O) groups excluding carboxylic acids is 1. The molecule has 0 bridgehead atoms. The molecule has 70 heavy (non-hydrogen) atoms. The van der Waals surface area contributed by atoms with Crippen LogP contribution in [0, 0.1) is 0 Å². The Bertz CT molecular complexity index is 1020. The first-order valence-corrected chi connectivity index (χ1v) is 32.5. The number of carbonyl (C=O) groups is 1. The van der Waals surface area contributed by atoms with E-state index in [1.807, 2.05) is 0 Å². The van der Waals surface area contributed by atoms with Gasteiger partial charge in [-0.15, -0.1) is 0 Å². The summed E-state index contributed by atoms with van der Waals surface area (Å²) in [4.78, 5) is 12.5. The molecule has 0 aliphatic heterocycles. The summed E-state index contributed by atoms with van der Waals surface area (Å²) >= 11 is 0. The van der Waals surface area contributed by atoms with Crippen molar-refractivity contribution in [1.29, 1.82) is 0 Å². The number of aliphatic hydroxyl groups excluding tert-OH is 2. The van der Waals surface area contributed by atoms with Gasteiger partial charge in [0.1, 0.15) is 0 Å². The van der Waals surface area contributed by atoms with Crippen LogP contribution in [0.2, 0.25) is 0 Å². The molecular formula is C66H129NO3. The van der Waals surface area contributed by atoms with Crippen molar-refractivity contribution in [2.45, 2.75) is 386 Å². The topological polar surface area (TPSA) is 69.6 Å². The summed E-state index contributed by atoms with van der Waals surface area (Å²) in [5, 5.41) is 23.4.